The Hall–Kier alpha value is -0.600. The van der Waals surface area contributed by atoms with Crippen molar-refractivity contribution in [3.63, 3.8) is 0 Å². The fourth-order valence-corrected chi connectivity index (χ4v) is 2.54. The Kier molecular flexibility index (Phi) is 6.66. The molecule has 1 aromatic carbocycles. The van der Waals surface area contributed by atoms with Gasteiger partial charge < -0.3 is 5.32 Å². The summed E-state index contributed by atoms with van der Waals surface area (Å²) in [6, 6.07) is 4.84. The molecule has 0 fully saturated rings. The van der Waals surface area contributed by atoms with Crippen molar-refractivity contribution in [3.8, 4) is 0 Å². The van der Waals surface area contributed by atoms with Crippen molar-refractivity contribution >= 4 is 11.6 Å². The highest BCUT2D eigenvalue weighted by Crippen LogP contribution is 2.27. The molecular weight excluding hydrogens is 249 g/mol. The molecule has 0 saturated carbocycles. The van der Waals surface area contributed by atoms with Gasteiger partial charge in [-0.15, -0.1) is 0 Å². The third-order valence-electron chi connectivity index (χ3n) is 3.20. The van der Waals surface area contributed by atoms with Gasteiger partial charge in [0, 0.05) is 16.6 Å². The van der Waals surface area contributed by atoms with Gasteiger partial charge in [0.1, 0.15) is 5.82 Å². The van der Waals surface area contributed by atoms with Crippen LogP contribution < -0.4 is 5.32 Å². The Morgan fingerprint density at radius 2 is 2.06 bits per heavy atom. The fraction of sp³-hybridized carbons (Fsp3) is 0.600. The van der Waals surface area contributed by atoms with Crippen LogP contribution in [0.2, 0.25) is 5.02 Å². The Bertz CT molecular complexity index is 368. The van der Waals surface area contributed by atoms with Gasteiger partial charge in [-0.2, -0.15) is 0 Å². The molecule has 0 amide bonds. The minimum atomic E-state index is -0.172. The van der Waals surface area contributed by atoms with E-state index in [9.17, 15) is 4.39 Å². The average molecular weight is 272 g/mol. The van der Waals surface area contributed by atoms with E-state index in [1.807, 2.05) is 6.92 Å². The zero-order valence-corrected chi connectivity index (χ0v) is 12.2. The van der Waals surface area contributed by atoms with Gasteiger partial charge in [-0.3, -0.25) is 0 Å². The molecule has 0 aliphatic rings. The van der Waals surface area contributed by atoms with Crippen molar-refractivity contribution in [1.29, 1.82) is 0 Å². The maximum absolute atomic E-state index is 13.9. The molecule has 0 aliphatic carbocycles. The van der Waals surface area contributed by atoms with E-state index in [1.54, 1.807) is 12.1 Å². The van der Waals surface area contributed by atoms with Crippen LogP contribution in [-0.2, 0) is 0 Å². The molecule has 0 radical (unpaired) electrons. The van der Waals surface area contributed by atoms with Crippen molar-refractivity contribution in [1.82, 2.24) is 5.32 Å². The van der Waals surface area contributed by atoms with Crippen LogP contribution in [0.1, 0.15) is 51.6 Å². The van der Waals surface area contributed by atoms with Gasteiger partial charge in [0.05, 0.1) is 0 Å². The lowest BCUT2D eigenvalue weighted by Gasteiger charge is -2.22. The summed E-state index contributed by atoms with van der Waals surface area (Å²) in [5.41, 5.74) is 0.687. The molecule has 0 heterocycles. The third kappa shape index (κ3) is 4.58. The molecule has 102 valence electrons. The van der Waals surface area contributed by atoms with Crippen LogP contribution in [0.4, 0.5) is 4.39 Å². The Labute approximate surface area is 115 Å². The molecule has 1 N–H and O–H groups in total. The molecule has 0 saturated heterocycles. The van der Waals surface area contributed by atoms with Crippen LogP contribution in [0.25, 0.3) is 0 Å². The summed E-state index contributed by atoms with van der Waals surface area (Å²) in [7, 11) is 0. The van der Waals surface area contributed by atoms with Gasteiger partial charge in [0.15, 0.2) is 0 Å². The van der Waals surface area contributed by atoms with Gasteiger partial charge in [0.2, 0.25) is 0 Å². The van der Waals surface area contributed by atoms with Gasteiger partial charge >= 0.3 is 0 Å². The maximum atomic E-state index is 13.9. The van der Waals surface area contributed by atoms with E-state index >= 15 is 0 Å². The van der Waals surface area contributed by atoms with E-state index in [0.29, 0.717) is 16.5 Å². The van der Waals surface area contributed by atoms with Crippen LogP contribution in [0.3, 0.4) is 0 Å². The lowest BCUT2D eigenvalue weighted by Crippen LogP contribution is -2.24. The monoisotopic (exact) mass is 271 g/mol. The molecule has 0 aromatic heterocycles. The highest BCUT2D eigenvalue weighted by molar-refractivity contribution is 6.30. The number of nitrogens with one attached hydrogen (secondary N) is 1. The summed E-state index contributed by atoms with van der Waals surface area (Å²) in [5, 5.41) is 3.95. The quantitative estimate of drug-likeness (QED) is 0.739. The SMILES string of the molecule is CCCC(C)CC(NCC)c1cc(Cl)ccc1F. The number of benzene rings is 1. The number of halogens is 2. The van der Waals surface area contributed by atoms with Crippen LogP contribution in [-0.4, -0.2) is 6.54 Å². The highest BCUT2D eigenvalue weighted by Gasteiger charge is 2.17. The molecule has 0 aliphatic heterocycles. The summed E-state index contributed by atoms with van der Waals surface area (Å²) in [6.45, 7) is 7.27. The first-order valence-corrected chi connectivity index (χ1v) is 7.14. The van der Waals surface area contributed by atoms with Gasteiger partial charge in [0.25, 0.3) is 0 Å². The number of hydrogen-bond acceptors (Lipinski definition) is 1. The minimum absolute atomic E-state index is 0.0512. The predicted molar refractivity (Wildman–Crippen MR) is 76.5 cm³/mol. The first-order chi connectivity index (χ1) is 8.58. The topological polar surface area (TPSA) is 12.0 Å². The Morgan fingerprint density at radius 3 is 2.67 bits per heavy atom. The number of rotatable bonds is 7. The molecule has 2 atom stereocenters. The lowest BCUT2D eigenvalue weighted by atomic mass is 9.92. The molecule has 3 heteroatoms. The van der Waals surface area contributed by atoms with Gasteiger partial charge in [-0.1, -0.05) is 45.2 Å². The zero-order valence-electron chi connectivity index (χ0n) is 11.5. The number of hydrogen-bond donors (Lipinski definition) is 1. The molecular formula is C15H23ClFN. The molecule has 1 nitrogen and oxygen atoms in total. The van der Waals surface area contributed by atoms with Crippen molar-refractivity contribution in [2.24, 2.45) is 5.92 Å². The van der Waals surface area contributed by atoms with E-state index < -0.39 is 0 Å². The summed E-state index contributed by atoms with van der Waals surface area (Å²) in [6.07, 6.45) is 3.28. The average Bonchev–Trinajstić information content (AvgIpc) is 2.32. The van der Waals surface area contributed by atoms with Crippen LogP contribution in [0, 0.1) is 11.7 Å². The van der Waals surface area contributed by atoms with Crippen molar-refractivity contribution in [3.05, 3.63) is 34.6 Å². The molecule has 0 bridgehead atoms. The summed E-state index contributed by atoms with van der Waals surface area (Å²) in [4.78, 5) is 0. The van der Waals surface area contributed by atoms with E-state index in [-0.39, 0.29) is 11.9 Å². The minimum Gasteiger partial charge on any atom is -0.310 e. The van der Waals surface area contributed by atoms with Gasteiger partial charge in [-0.25, -0.2) is 4.39 Å². The summed E-state index contributed by atoms with van der Waals surface area (Å²) >= 11 is 5.96. The molecule has 18 heavy (non-hydrogen) atoms. The van der Waals surface area contributed by atoms with Crippen molar-refractivity contribution in [2.45, 2.75) is 46.1 Å². The van der Waals surface area contributed by atoms with E-state index in [1.165, 1.54) is 12.5 Å². The molecule has 1 aromatic rings. The normalized spacial score (nSPS) is 14.5. The summed E-state index contributed by atoms with van der Waals surface area (Å²) in [5.74, 6) is 0.409. The Morgan fingerprint density at radius 1 is 1.33 bits per heavy atom. The zero-order chi connectivity index (χ0) is 13.5. The lowest BCUT2D eigenvalue weighted by molar-refractivity contribution is 0.386. The first-order valence-electron chi connectivity index (χ1n) is 6.76. The van der Waals surface area contributed by atoms with Crippen LogP contribution in [0.5, 0.6) is 0 Å². The van der Waals surface area contributed by atoms with E-state index in [0.717, 1.165) is 19.4 Å². The molecule has 0 spiro atoms. The maximum Gasteiger partial charge on any atom is 0.128 e. The van der Waals surface area contributed by atoms with E-state index in [4.69, 9.17) is 11.6 Å². The fourth-order valence-electron chi connectivity index (χ4n) is 2.36. The second-order valence-corrected chi connectivity index (χ2v) is 5.34. The van der Waals surface area contributed by atoms with E-state index in [2.05, 4.69) is 19.2 Å². The van der Waals surface area contributed by atoms with Crippen molar-refractivity contribution in [2.75, 3.05) is 6.54 Å². The highest BCUT2D eigenvalue weighted by atomic mass is 35.5. The second-order valence-electron chi connectivity index (χ2n) is 4.91. The Balaban J connectivity index is 2.85. The largest absolute Gasteiger partial charge is 0.310 e. The van der Waals surface area contributed by atoms with Gasteiger partial charge in [-0.05, 0) is 37.1 Å². The second kappa shape index (κ2) is 7.75. The predicted octanol–water partition coefficient (Wildman–Crippen LogP) is 4.96. The first kappa shape index (κ1) is 15.5. The smallest absolute Gasteiger partial charge is 0.128 e. The molecule has 2 unspecified atom stereocenters. The molecule has 1 rings (SSSR count). The third-order valence-corrected chi connectivity index (χ3v) is 3.44. The summed E-state index contributed by atoms with van der Waals surface area (Å²) < 4.78 is 13.9. The van der Waals surface area contributed by atoms with Crippen LogP contribution >= 0.6 is 11.6 Å². The van der Waals surface area contributed by atoms with Crippen molar-refractivity contribution < 1.29 is 4.39 Å². The van der Waals surface area contributed by atoms with Crippen LogP contribution in [0.15, 0.2) is 18.2 Å². The standard InChI is InChI=1S/C15H23ClFN/c1-4-6-11(3)9-15(18-5-2)13-10-12(16)7-8-14(13)17/h7-8,10-11,15,18H,4-6,9H2,1-3H3.